The van der Waals surface area contributed by atoms with Crippen LogP contribution in [0.4, 0.5) is 5.69 Å². The predicted molar refractivity (Wildman–Crippen MR) is 134 cm³/mol. The first-order valence-electron chi connectivity index (χ1n) is 11.6. The molecule has 0 bridgehead atoms. The minimum absolute atomic E-state index is 0.193. The first-order chi connectivity index (χ1) is 17.0. The molecule has 5 aromatic rings. The average molecular weight is 471 g/mol. The third kappa shape index (κ3) is 4.52. The number of nitrogens with one attached hydrogen (secondary N) is 1. The number of benzene rings is 2. The number of amides is 1. The summed E-state index contributed by atoms with van der Waals surface area (Å²) < 4.78 is 10.0. The number of nitrogens with zero attached hydrogens (tertiary/aromatic N) is 5. The summed E-state index contributed by atoms with van der Waals surface area (Å²) in [6, 6.07) is 17.1. The van der Waals surface area contributed by atoms with Crippen molar-refractivity contribution in [2.75, 3.05) is 11.9 Å². The molecule has 3 heterocycles. The van der Waals surface area contributed by atoms with Crippen molar-refractivity contribution in [3.05, 3.63) is 83.0 Å². The maximum Gasteiger partial charge on any atom is 0.350 e. The van der Waals surface area contributed by atoms with Crippen molar-refractivity contribution in [3.8, 4) is 17.0 Å². The number of anilines is 1. The number of hydrogen-bond acceptors (Lipinski definition) is 5. The molecule has 35 heavy (non-hydrogen) atoms. The molecule has 0 atom stereocenters. The second kappa shape index (κ2) is 9.46. The minimum Gasteiger partial charge on any atom is -0.494 e. The number of ether oxygens (including phenoxy) is 1. The quantitative estimate of drug-likeness (QED) is 0.347. The average Bonchev–Trinajstić information content (AvgIpc) is 3.43. The molecule has 0 unspecified atom stereocenters. The van der Waals surface area contributed by atoms with Crippen LogP contribution < -0.4 is 15.7 Å². The molecular weight excluding hydrogens is 444 g/mol. The van der Waals surface area contributed by atoms with Crippen molar-refractivity contribution in [2.24, 2.45) is 0 Å². The molecule has 9 heteroatoms. The fourth-order valence-corrected chi connectivity index (χ4v) is 3.87. The number of fused-ring (bicyclic) bond motifs is 3. The van der Waals surface area contributed by atoms with Gasteiger partial charge in [-0.1, -0.05) is 31.5 Å². The zero-order valence-corrected chi connectivity index (χ0v) is 19.6. The van der Waals surface area contributed by atoms with Crippen LogP contribution in [0.15, 0.2) is 71.8 Å². The molecule has 1 N–H and O–H groups in total. The molecular formula is C26H26N6O3. The summed E-state index contributed by atoms with van der Waals surface area (Å²) in [5, 5.41) is 11.9. The molecule has 0 radical (unpaired) electrons. The van der Waals surface area contributed by atoms with Gasteiger partial charge in [0.1, 0.15) is 17.8 Å². The highest BCUT2D eigenvalue weighted by Gasteiger charge is 2.16. The predicted octanol–water partition coefficient (Wildman–Crippen LogP) is 3.94. The molecule has 9 nitrogen and oxygen atoms in total. The van der Waals surface area contributed by atoms with Gasteiger partial charge >= 0.3 is 5.69 Å². The smallest absolute Gasteiger partial charge is 0.350 e. The zero-order chi connectivity index (χ0) is 24.4. The van der Waals surface area contributed by atoms with Crippen LogP contribution in [0.2, 0.25) is 0 Å². The van der Waals surface area contributed by atoms with Gasteiger partial charge in [0.15, 0.2) is 5.65 Å². The largest absolute Gasteiger partial charge is 0.494 e. The van der Waals surface area contributed by atoms with E-state index in [0.29, 0.717) is 23.5 Å². The van der Waals surface area contributed by atoms with E-state index in [9.17, 15) is 9.59 Å². The lowest BCUT2D eigenvalue weighted by atomic mass is 10.1. The number of carbonyl (C=O) groups excluding carboxylic acids is 1. The standard InChI is InChI=1S/C26H26N6O3/c1-3-4-15-35-20-11-9-19(10-12-20)22-16-23-25-29-32(26(34)30(25)13-14-31(23)28-22)17-24(33)27-21-8-6-5-7-18(21)2/h5-14,16H,3-4,15,17H2,1-2H3,(H,27,33). The van der Waals surface area contributed by atoms with Crippen molar-refractivity contribution < 1.29 is 9.53 Å². The Bertz CT molecular complexity index is 1560. The van der Waals surface area contributed by atoms with Crippen LogP contribution in [-0.2, 0) is 11.3 Å². The third-order valence-electron chi connectivity index (χ3n) is 5.82. The molecule has 3 aromatic heterocycles. The lowest BCUT2D eigenvalue weighted by Crippen LogP contribution is -2.28. The fraction of sp³-hybridized carbons (Fsp3) is 0.231. The number of aryl methyl sites for hydroxylation is 1. The van der Waals surface area contributed by atoms with Crippen LogP contribution in [0.5, 0.6) is 5.75 Å². The number of carbonyl (C=O) groups is 1. The monoisotopic (exact) mass is 470 g/mol. The molecule has 0 saturated heterocycles. The van der Waals surface area contributed by atoms with E-state index in [0.717, 1.165) is 40.1 Å². The van der Waals surface area contributed by atoms with E-state index in [1.54, 1.807) is 16.9 Å². The van der Waals surface area contributed by atoms with E-state index in [-0.39, 0.29) is 12.5 Å². The Morgan fingerprint density at radius 2 is 1.86 bits per heavy atom. The maximum atomic E-state index is 12.9. The molecule has 2 aromatic carbocycles. The second-order valence-electron chi connectivity index (χ2n) is 8.38. The summed E-state index contributed by atoms with van der Waals surface area (Å²) in [5.74, 6) is 0.499. The van der Waals surface area contributed by atoms with Gasteiger partial charge in [0.2, 0.25) is 5.91 Å². The highest BCUT2D eigenvalue weighted by atomic mass is 16.5. The summed E-state index contributed by atoms with van der Waals surface area (Å²) in [7, 11) is 0. The van der Waals surface area contributed by atoms with Crippen LogP contribution in [-0.4, -0.2) is 36.3 Å². The van der Waals surface area contributed by atoms with Crippen molar-refractivity contribution in [3.63, 3.8) is 0 Å². The van der Waals surface area contributed by atoms with Gasteiger partial charge in [-0.25, -0.2) is 18.4 Å². The highest BCUT2D eigenvalue weighted by Crippen LogP contribution is 2.24. The molecule has 5 rings (SSSR count). The van der Waals surface area contributed by atoms with Gasteiger partial charge in [-0.2, -0.15) is 5.10 Å². The van der Waals surface area contributed by atoms with E-state index in [1.165, 1.54) is 4.40 Å². The first kappa shape index (κ1) is 22.4. The van der Waals surface area contributed by atoms with Crippen LogP contribution in [0.1, 0.15) is 25.3 Å². The lowest BCUT2D eigenvalue weighted by Gasteiger charge is -2.07. The third-order valence-corrected chi connectivity index (χ3v) is 5.82. The maximum absolute atomic E-state index is 12.9. The van der Waals surface area contributed by atoms with Gasteiger partial charge in [-0.05, 0) is 55.3 Å². The second-order valence-corrected chi connectivity index (χ2v) is 8.38. The summed E-state index contributed by atoms with van der Waals surface area (Å²) in [6.07, 6.45) is 5.41. The van der Waals surface area contributed by atoms with Gasteiger partial charge in [0.05, 0.1) is 12.3 Å². The molecule has 1 amide bonds. The lowest BCUT2D eigenvalue weighted by molar-refractivity contribution is -0.117. The Labute approximate surface area is 201 Å². The molecule has 178 valence electrons. The molecule has 0 spiro atoms. The zero-order valence-electron chi connectivity index (χ0n) is 19.6. The van der Waals surface area contributed by atoms with E-state index in [4.69, 9.17) is 4.74 Å². The molecule has 0 aliphatic heterocycles. The Hall–Kier alpha value is -4.40. The fourth-order valence-electron chi connectivity index (χ4n) is 3.87. The van der Waals surface area contributed by atoms with E-state index >= 15 is 0 Å². The highest BCUT2D eigenvalue weighted by molar-refractivity contribution is 5.91. The SMILES string of the molecule is CCCCOc1ccc(-c2cc3c4nn(CC(=O)Nc5ccccc5C)c(=O)n4ccn3n2)cc1. The molecule has 0 fully saturated rings. The van der Waals surface area contributed by atoms with Crippen molar-refractivity contribution in [1.29, 1.82) is 0 Å². The van der Waals surface area contributed by atoms with Crippen LogP contribution in [0, 0.1) is 6.92 Å². The van der Waals surface area contributed by atoms with Crippen LogP contribution >= 0.6 is 0 Å². The molecule has 0 aliphatic carbocycles. The first-order valence-corrected chi connectivity index (χ1v) is 11.6. The molecule has 0 saturated carbocycles. The number of unbranched alkanes of at least 4 members (excludes halogenated alkanes) is 1. The summed E-state index contributed by atoms with van der Waals surface area (Å²) in [6.45, 7) is 4.54. The Morgan fingerprint density at radius 3 is 2.63 bits per heavy atom. The van der Waals surface area contributed by atoms with Crippen LogP contribution in [0.25, 0.3) is 22.4 Å². The number of para-hydroxylation sites is 1. The molecule has 0 aliphatic rings. The topological polar surface area (TPSA) is 94.9 Å². The van der Waals surface area contributed by atoms with Crippen molar-refractivity contribution in [1.82, 2.24) is 23.8 Å². The van der Waals surface area contributed by atoms with E-state index in [2.05, 4.69) is 22.4 Å². The summed E-state index contributed by atoms with van der Waals surface area (Å²) in [5.41, 5.74) is 4.03. The Kier molecular flexibility index (Phi) is 6.05. The number of rotatable bonds is 8. The van der Waals surface area contributed by atoms with Gasteiger partial charge in [-0.3, -0.25) is 4.79 Å². The van der Waals surface area contributed by atoms with E-state index in [1.807, 2.05) is 61.5 Å². The van der Waals surface area contributed by atoms with Crippen LogP contribution in [0.3, 0.4) is 0 Å². The van der Waals surface area contributed by atoms with Crippen molar-refractivity contribution in [2.45, 2.75) is 33.2 Å². The van der Waals surface area contributed by atoms with Gasteiger partial charge in [-0.15, -0.1) is 5.10 Å². The van der Waals surface area contributed by atoms with E-state index < -0.39 is 5.69 Å². The summed E-state index contributed by atoms with van der Waals surface area (Å²) >= 11 is 0. The number of aromatic nitrogens is 5. The van der Waals surface area contributed by atoms with Gasteiger partial charge < -0.3 is 10.1 Å². The van der Waals surface area contributed by atoms with Crippen molar-refractivity contribution >= 4 is 22.8 Å². The van der Waals surface area contributed by atoms with Gasteiger partial charge in [0.25, 0.3) is 0 Å². The van der Waals surface area contributed by atoms with Gasteiger partial charge in [0, 0.05) is 23.6 Å². The summed E-state index contributed by atoms with van der Waals surface area (Å²) in [4.78, 5) is 25.5. The number of hydrogen-bond donors (Lipinski definition) is 1. The normalized spacial score (nSPS) is 11.3. The minimum atomic E-state index is -0.390. The Morgan fingerprint density at radius 1 is 1.06 bits per heavy atom. The Balaban J connectivity index is 1.41.